The van der Waals surface area contributed by atoms with E-state index in [9.17, 15) is 9.59 Å². The lowest BCUT2D eigenvalue weighted by Gasteiger charge is -2.32. The number of anilines is 2. The molecule has 0 unspecified atom stereocenters. The van der Waals surface area contributed by atoms with Crippen molar-refractivity contribution in [2.45, 2.75) is 33.1 Å². The number of amides is 2. The van der Waals surface area contributed by atoms with E-state index in [0.717, 1.165) is 53.3 Å². The number of ether oxygens (including phenoxy) is 2. The first-order chi connectivity index (χ1) is 19.7. The number of aromatic nitrogens is 1. The molecule has 1 aromatic heterocycles. The molecule has 41 heavy (non-hydrogen) atoms. The molecule has 0 aliphatic heterocycles. The van der Waals surface area contributed by atoms with Gasteiger partial charge in [-0.1, -0.05) is 33.8 Å². The molecule has 2 amide bonds. The lowest BCUT2D eigenvalue weighted by atomic mass is 9.71. The second kappa shape index (κ2) is 11.3. The van der Waals surface area contributed by atoms with Gasteiger partial charge in [0.2, 0.25) is 0 Å². The number of methoxy groups -OCH3 is 1. The number of nitrogens with one attached hydrogen (secondary N) is 2. The maximum Gasteiger partial charge on any atom is 0.326 e. The fourth-order valence-corrected chi connectivity index (χ4v) is 5.53. The summed E-state index contributed by atoms with van der Waals surface area (Å²) in [6, 6.07) is 18.4. The summed E-state index contributed by atoms with van der Waals surface area (Å²) in [7, 11) is 3.32. The van der Waals surface area contributed by atoms with Crippen LogP contribution in [0, 0.1) is 0 Å². The molecule has 0 fully saturated rings. The van der Waals surface area contributed by atoms with Crippen molar-refractivity contribution in [2.75, 3.05) is 50.6 Å². The SMILES string of the molecule is CCN(CC)CCOc1ccc2c(c1)C(C)(C)c1[nH]c3cc(N(C)C(=O)Nc4ccc(OC)cc4)ccc3c1C2=O. The van der Waals surface area contributed by atoms with Gasteiger partial charge in [-0.05, 0) is 73.3 Å². The van der Waals surface area contributed by atoms with Crippen LogP contribution in [0.15, 0.2) is 60.7 Å². The molecule has 2 N–H and O–H groups in total. The monoisotopic (exact) mass is 554 g/mol. The number of fused-ring (bicyclic) bond motifs is 4. The summed E-state index contributed by atoms with van der Waals surface area (Å²) in [6.07, 6.45) is 0. The van der Waals surface area contributed by atoms with E-state index in [1.165, 1.54) is 0 Å². The zero-order valence-electron chi connectivity index (χ0n) is 24.6. The Bertz CT molecular complexity index is 1590. The minimum Gasteiger partial charge on any atom is -0.497 e. The Kier molecular flexibility index (Phi) is 7.78. The zero-order valence-corrected chi connectivity index (χ0v) is 24.6. The predicted octanol–water partition coefficient (Wildman–Crippen LogP) is 6.44. The largest absolute Gasteiger partial charge is 0.497 e. The maximum absolute atomic E-state index is 13.8. The molecule has 3 aromatic carbocycles. The molecule has 0 atom stereocenters. The van der Waals surface area contributed by atoms with E-state index in [1.807, 2.05) is 36.4 Å². The van der Waals surface area contributed by atoms with Crippen molar-refractivity contribution in [1.29, 1.82) is 0 Å². The number of H-pyrrole nitrogens is 1. The topological polar surface area (TPSA) is 86.9 Å². The Morgan fingerprint density at radius 1 is 0.976 bits per heavy atom. The van der Waals surface area contributed by atoms with Gasteiger partial charge < -0.3 is 24.7 Å². The van der Waals surface area contributed by atoms with Crippen molar-refractivity contribution < 1.29 is 19.1 Å². The van der Waals surface area contributed by atoms with Crippen LogP contribution in [0.1, 0.15) is 54.9 Å². The molecule has 5 rings (SSSR count). The van der Waals surface area contributed by atoms with Gasteiger partial charge in [0.15, 0.2) is 5.78 Å². The minimum absolute atomic E-state index is 0.00591. The smallest absolute Gasteiger partial charge is 0.326 e. The van der Waals surface area contributed by atoms with Crippen LogP contribution < -0.4 is 19.7 Å². The Hall–Kier alpha value is -4.30. The molecule has 0 saturated carbocycles. The molecule has 0 spiro atoms. The second-order valence-electron chi connectivity index (χ2n) is 10.9. The minimum atomic E-state index is -0.451. The highest BCUT2D eigenvalue weighted by atomic mass is 16.5. The number of carbonyl (C=O) groups is 2. The van der Waals surface area contributed by atoms with Crippen molar-refractivity contribution in [1.82, 2.24) is 9.88 Å². The van der Waals surface area contributed by atoms with Crippen molar-refractivity contribution in [2.24, 2.45) is 0 Å². The first-order valence-electron chi connectivity index (χ1n) is 14.1. The fourth-order valence-electron chi connectivity index (χ4n) is 5.53. The van der Waals surface area contributed by atoms with E-state index in [2.05, 4.69) is 42.9 Å². The van der Waals surface area contributed by atoms with Crippen LogP contribution in [0.25, 0.3) is 10.9 Å². The predicted molar refractivity (Wildman–Crippen MR) is 164 cm³/mol. The summed E-state index contributed by atoms with van der Waals surface area (Å²) in [5.74, 6) is 1.48. The fraction of sp³-hybridized carbons (Fsp3) is 0.333. The van der Waals surface area contributed by atoms with Crippen LogP contribution >= 0.6 is 0 Å². The zero-order chi connectivity index (χ0) is 29.3. The Labute approximate surface area is 241 Å². The summed E-state index contributed by atoms with van der Waals surface area (Å²) in [5.41, 5.74) is 4.92. The van der Waals surface area contributed by atoms with Crippen LogP contribution in [0.2, 0.25) is 0 Å². The van der Waals surface area contributed by atoms with Gasteiger partial charge in [0, 0.05) is 52.5 Å². The number of urea groups is 1. The maximum atomic E-state index is 13.8. The third kappa shape index (κ3) is 5.27. The summed E-state index contributed by atoms with van der Waals surface area (Å²) in [6.45, 7) is 12.0. The normalized spacial score (nSPS) is 13.6. The average molecular weight is 555 g/mol. The Balaban J connectivity index is 1.40. The highest BCUT2D eigenvalue weighted by Gasteiger charge is 2.40. The standard InChI is InChI=1S/C33H38N4O4/c1-7-37(8-2)17-18-41-24-14-16-25-27(20-24)33(3,4)31-29(30(25)38)26-15-11-22(19-28(26)35-31)36(5)32(39)34-21-9-12-23(40-6)13-10-21/h9-16,19-20,35H,7-8,17-18H2,1-6H3,(H,34,39). The van der Waals surface area contributed by atoms with Crippen molar-refractivity contribution in [3.8, 4) is 11.5 Å². The Morgan fingerprint density at radius 2 is 1.68 bits per heavy atom. The lowest BCUT2D eigenvalue weighted by molar-refractivity contribution is 0.103. The summed E-state index contributed by atoms with van der Waals surface area (Å²) >= 11 is 0. The summed E-state index contributed by atoms with van der Waals surface area (Å²) < 4.78 is 11.3. The number of aromatic amines is 1. The van der Waals surface area contributed by atoms with Gasteiger partial charge >= 0.3 is 6.03 Å². The number of carbonyl (C=O) groups excluding carboxylic acids is 2. The molecular formula is C33H38N4O4. The van der Waals surface area contributed by atoms with E-state index in [-0.39, 0.29) is 11.8 Å². The van der Waals surface area contributed by atoms with Crippen molar-refractivity contribution in [3.05, 3.63) is 83.0 Å². The number of hydrogen-bond acceptors (Lipinski definition) is 5. The van der Waals surface area contributed by atoms with E-state index < -0.39 is 5.41 Å². The molecule has 1 aliphatic rings. The first-order valence-corrected chi connectivity index (χ1v) is 14.1. The number of rotatable bonds is 9. The number of nitrogens with zero attached hydrogens (tertiary/aromatic N) is 2. The third-order valence-electron chi connectivity index (χ3n) is 8.15. The molecule has 1 heterocycles. The number of benzene rings is 3. The second-order valence-corrected chi connectivity index (χ2v) is 10.9. The molecule has 0 bridgehead atoms. The van der Waals surface area contributed by atoms with Gasteiger partial charge in [-0.15, -0.1) is 0 Å². The van der Waals surface area contributed by atoms with Crippen molar-refractivity contribution >= 4 is 34.1 Å². The highest BCUT2D eigenvalue weighted by Crippen LogP contribution is 2.45. The van der Waals surface area contributed by atoms with E-state index in [1.54, 1.807) is 43.3 Å². The van der Waals surface area contributed by atoms with E-state index in [0.29, 0.717) is 29.1 Å². The van der Waals surface area contributed by atoms with Crippen LogP contribution in [-0.2, 0) is 5.41 Å². The molecule has 1 aliphatic carbocycles. The Morgan fingerprint density at radius 3 is 2.37 bits per heavy atom. The molecule has 4 aromatic rings. The lowest BCUT2D eigenvalue weighted by Crippen LogP contribution is -2.31. The highest BCUT2D eigenvalue weighted by molar-refractivity contribution is 6.20. The van der Waals surface area contributed by atoms with Gasteiger partial charge in [0.05, 0.1) is 12.7 Å². The van der Waals surface area contributed by atoms with Gasteiger partial charge in [-0.2, -0.15) is 0 Å². The average Bonchev–Trinajstić information content (AvgIpc) is 3.38. The molecule has 0 saturated heterocycles. The van der Waals surface area contributed by atoms with E-state index >= 15 is 0 Å². The van der Waals surface area contributed by atoms with Crippen molar-refractivity contribution in [3.63, 3.8) is 0 Å². The number of likely N-dealkylation sites (N-methyl/N-ethyl adjacent to an activating group) is 1. The number of ketones is 1. The molecule has 214 valence electrons. The quantitative estimate of drug-likeness (QED) is 0.249. The first kappa shape index (κ1) is 28.2. The van der Waals surface area contributed by atoms with Crippen LogP contribution in [0.3, 0.4) is 0 Å². The van der Waals surface area contributed by atoms with Crippen LogP contribution in [0.4, 0.5) is 16.2 Å². The van der Waals surface area contributed by atoms with Crippen LogP contribution in [0.5, 0.6) is 11.5 Å². The van der Waals surface area contributed by atoms with Gasteiger partial charge in [-0.25, -0.2) is 4.79 Å². The molecular weight excluding hydrogens is 516 g/mol. The van der Waals surface area contributed by atoms with Gasteiger partial charge in [0.25, 0.3) is 0 Å². The molecule has 8 nitrogen and oxygen atoms in total. The van der Waals surface area contributed by atoms with Crippen LogP contribution in [-0.4, -0.2) is 62.1 Å². The summed E-state index contributed by atoms with van der Waals surface area (Å²) in [4.78, 5) is 34.2. The van der Waals surface area contributed by atoms with E-state index in [4.69, 9.17) is 9.47 Å². The third-order valence-corrected chi connectivity index (χ3v) is 8.15. The number of hydrogen-bond donors (Lipinski definition) is 2. The van der Waals surface area contributed by atoms with Gasteiger partial charge in [0.1, 0.15) is 18.1 Å². The van der Waals surface area contributed by atoms with Gasteiger partial charge in [-0.3, -0.25) is 9.69 Å². The molecule has 0 radical (unpaired) electrons. The summed E-state index contributed by atoms with van der Waals surface area (Å²) in [5, 5.41) is 3.75. The molecule has 8 heteroatoms.